The topological polar surface area (TPSA) is 93.6 Å². The van der Waals surface area contributed by atoms with Crippen LogP contribution in [0.5, 0.6) is 0 Å². The maximum absolute atomic E-state index is 15.0. The maximum atomic E-state index is 15.0. The van der Waals surface area contributed by atoms with Crippen LogP contribution < -0.4 is 16.4 Å². The van der Waals surface area contributed by atoms with Gasteiger partial charge in [0.05, 0.1) is 18.0 Å². The lowest BCUT2D eigenvalue weighted by Gasteiger charge is -2.54. The molecule has 2 N–H and O–H groups in total. The molecule has 8 nitrogen and oxygen atoms in total. The third kappa shape index (κ3) is 6.54. The van der Waals surface area contributed by atoms with Crippen molar-refractivity contribution in [2.24, 2.45) is 29.4 Å². The predicted octanol–water partition coefficient (Wildman–Crippen LogP) is 10.7. The Balaban J connectivity index is 1.24. The standard InChI is InChI=1S/C54H63N5O3/c1-8-15-33(6)57-41(39-22-11-18-35-20-13-24-43(57)46(35)39)30-28-37-26-27-38(29-31-42-40-23-12-19-36-21-14-25-44(47(36)40)58(42)34(7)16-9-2)49-48(37)50-51(49)53(61)59(45(55)17-10-3)54(62)56(32(4)5)52(50)60/h11-14,18-25,28-34,45,48-51H,8-10,15-17,26-27,55H2,1-7H3/b37-28+,38-29+,41-30+,42-31+. The first kappa shape index (κ1) is 41.9. The van der Waals surface area contributed by atoms with Gasteiger partial charge >= 0.3 is 6.03 Å². The van der Waals surface area contributed by atoms with Crippen LogP contribution in [0.4, 0.5) is 4.79 Å². The number of nitrogens with zero attached hydrogens (tertiary/aromatic N) is 4. The molecule has 62 heavy (non-hydrogen) atoms. The van der Waals surface area contributed by atoms with E-state index in [1.807, 2.05) is 20.8 Å². The molecule has 4 amide bonds. The number of hydrogen-bond acceptors (Lipinski definition) is 4. The number of aromatic nitrogens is 2. The number of imide groups is 2. The molecular formula is C54H63N5O3. The fraction of sp³-hybridized carbons (Fsp3) is 0.426. The van der Waals surface area contributed by atoms with E-state index in [1.54, 1.807) is 0 Å². The zero-order valence-corrected chi connectivity index (χ0v) is 37.6. The van der Waals surface area contributed by atoms with Gasteiger partial charge in [-0.25, -0.2) is 9.69 Å². The minimum atomic E-state index is -0.807. The monoisotopic (exact) mass is 829 g/mol. The van der Waals surface area contributed by atoms with Gasteiger partial charge in [0.2, 0.25) is 11.8 Å². The Kier molecular flexibility index (Phi) is 11.3. The normalized spacial score (nSPS) is 24.3. The van der Waals surface area contributed by atoms with Crippen LogP contribution in [0.1, 0.15) is 112 Å². The molecule has 3 fully saturated rings. The molecule has 0 radical (unpaired) electrons. The number of rotatable bonds is 12. The van der Waals surface area contributed by atoms with Crippen LogP contribution in [0.15, 0.2) is 96.1 Å². The number of nitrogens with two attached hydrogens (primary N) is 1. The average molecular weight is 830 g/mol. The molecule has 7 unspecified atom stereocenters. The van der Waals surface area contributed by atoms with E-state index in [2.05, 4.69) is 134 Å². The smallest absolute Gasteiger partial charge is 0.334 e. The number of fused-ring (bicyclic) bond motifs is 4. The Hall–Kier alpha value is -5.47. The molecule has 8 heteroatoms. The first-order valence-corrected chi connectivity index (χ1v) is 23.4. The van der Waals surface area contributed by atoms with Crippen molar-refractivity contribution in [2.45, 2.75) is 124 Å². The molecule has 3 heterocycles. The molecule has 4 aromatic carbocycles. The fourth-order valence-corrected chi connectivity index (χ4v) is 11.9. The van der Waals surface area contributed by atoms with Crippen molar-refractivity contribution >= 4 is 73.3 Å². The van der Waals surface area contributed by atoms with Crippen molar-refractivity contribution in [1.82, 2.24) is 18.9 Å². The summed E-state index contributed by atoms with van der Waals surface area (Å²) < 4.78 is 4.99. The van der Waals surface area contributed by atoms with E-state index in [-0.39, 0.29) is 35.7 Å². The van der Waals surface area contributed by atoms with Gasteiger partial charge < -0.3 is 14.9 Å². The van der Waals surface area contributed by atoms with Crippen LogP contribution >= 0.6 is 0 Å². The first-order valence-electron chi connectivity index (χ1n) is 23.4. The number of carbonyl (C=O) groups is 3. The number of carbonyl (C=O) groups excluding carboxylic acids is 3. The van der Waals surface area contributed by atoms with Gasteiger partial charge in [0.25, 0.3) is 0 Å². The highest BCUT2D eigenvalue weighted by atomic mass is 16.2. The van der Waals surface area contributed by atoms with Crippen LogP contribution in [-0.2, 0) is 9.59 Å². The molecule has 1 aliphatic heterocycles. The van der Waals surface area contributed by atoms with Gasteiger partial charge in [0.1, 0.15) is 0 Å². The van der Waals surface area contributed by atoms with E-state index < -0.39 is 30.1 Å². The summed E-state index contributed by atoms with van der Waals surface area (Å²) in [7, 11) is 0. The lowest BCUT2D eigenvalue weighted by Crippen LogP contribution is -2.60. The van der Waals surface area contributed by atoms with Crippen molar-refractivity contribution in [1.29, 1.82) is 0 Å². The number of benzene rings is 4. The largest absolute Gasteiger partial charge is 0.338 e. The second-order valence-electron chi connectivity index (χ2n) is 18.7. The minimum Gasteiger partial charge on any atom is -0.338 e. The van der Waals surface area contributed by atoms with Gasteiger partial charge in [-0.15, -0.1) is 0 Å². The van der Waals surface area contributed by atoms with E-state index in [1.165, 1.54) is 64.1 Å². The van der Waals surface area contributed by atoms with E-state index in [0.717, 1.165) is 49.4 Å². The molecular weight excluding hydrogens is 767 g/mol. The first-order chi connectivity index (χ1) is 30.0. The molecule has 9 rings (SSSR count). The van der Waals surface area contributed by atoms with E-state index >= 15 is 4.79 Å². The second kappa shape index (κ2) is 16.7. The highest BCUT2D eigenvalue weighted by molar-refractivity contribution is 6.12. The van der Waals surface area contributed by atoms with E-state index in [4.69, 9.17) is 5.73 Å². The highest BCUT2D eigenvalue weighted by Gasteiger charge is 2.65. The molecule has 0 bridgehead atoms. The second-order valence-corrected chi connectivity index (χ2v) is 18.7. The quantitative estimate of drug-likeness (QED) is 0.133. The van der Waals surface area contributed by atoms with Crippen LogP contribution in [0.2, 0.25) is 0 Å². The van der Waals surface area contributed by atoms with Gasteiger partial charge in [0.15, 0.2) is 0 Å². The summed E-state index contributed by atoms with van der Waals surface area (Å²) in [6.45, 7) is 14.8. The maximum Gasteiger partial charge on any atom is 0.334 e. The summed E-state index contributed by atoms with van der Waals surface area (Å²) in [5.74, 6) is -2.40. The molecule has 7 atom stereocenters. The Morgan fingerprint density at radius 2 is 0.984 bits per heavy atom. The Morgan fingerprint density at radius 1 is 0.565 bits per heavy atom. The van der Waals surface area contributed by atoms with Crippen molar-refractivity contribution in [3.8, 4) is 0 Å². The fourth-order valence-electron chi connectivity index (χ4n) is 11.9. The number of amides is 4. The zero-order chi connectivity index (χ0) is 43.6. The minimum absolute atomic E-state index is 0.233. The molecule has 322 valence electrons. The summed E-state index contributed by atoms with van der Waals surface area (Å²) in [5.41, 5.74) is 11.5. The highest BCUT2D eigenvalue weighted by Crippen LogP contribution is 2.60. The van der Waals surface area contributed by atoms with Gasteiger partial charge in [-0.05, 0) is 107 Å². The summed E-state index contributed by atoms with van der Waals surface area (Å²) in [5, 5.41) is 9.76. The van der Waals surface area contributed by atoms with Crippen LogP contribution in [0, 0.1) is 23.7 Å². The summed E-state index contributed by atoms with van der Waals surface area (Å²) in [6, 6.07) is 25.8. The third-order valence-corrected chi connectivity index (χ3v) is 14.6. The molecule has 3 aliphatic rings. The zero-order valence-electron chi connectivity index (χ0n) is 37.6. The summed E-state index contributed by atoms with van der Waals surface area (Å²) in [6.07, 6.45) is 15.2. The number of hydrogen-bond donors (Lipinski definition) is 1. The molecule has 2 aromatic heterocycles. The van der Waals surface area contributed by atoms with E-state index in [0.29, 0.717) is 12.8 Å². The summed E-state index contributed by atoms with van der Waals surface area (Å²) >= 11 is 0. The Bertz CT molecular complexity index is 2880. The molecule has 0 spiro atoms. The lowest BCUT2D eigenvalue weighted by molar-refractivity contribution is -0.155. The Labute approximate surface area is 365 Å². The predicted molar refractivity (Wildman–Crippen MR) is 254 cm³/mol. The van der Waals surface area contributed by atoms with Crippen molar-refractivity contribution in [3.63, 3.8) is 0 Å². The van der Waals surface area contributed by atoms with Gasteiger partial charge in [-0.2, -0.15) is 0 Å². The average Bonchev–Trinajstić information content (AvgIpc) is 3.72. The van der Waals surface area contributed by atoms with Crippen molar-refractivity contribution < 1.29 is 14.4 Å². The van der Waals surface area contributed by atoms with Gasteiger partial charge in [0, 0.05) is 61.4 Å². The SMILES string of the molecule is CCCC(N)N1C(=O)C2C(C(=O)N(C(C)C)C1=O)C1/C(=C/C=c3\c4cccc5cccc(c54)n3C(C)CCC)CC/C(=C\C=c3/c4cccc5cccc(c54)n3C(C)CCC)C21. The van der Waals surface area contributed by atoms with Crippen LogP contribution in [0.25, 0.3) is 55.5 Å². The molecule has 2 saturated carbocycles. The Morgan fingerprint density at radius 3 is 1.40 bits per heavy atom. The summed E-state index contributed by atoms with van der Waals surface area (Å²) in [4.78, 5) is 47.0. The number of urea groups is 1. The van der Waals surface area contributed by atoms with Crippen LogP contribution in [-0.4, -0.2) is 49.0 Å². The number of allylic oxidation sites excluding steroid dienone is 4. The third-order valence-electron chi connectivity index (χ3n) is 14.6. The van der Waals surface area contributed by atoms with Crippen molar-refractivity contribution in [2.75, 3.05) is 0 Å². The molecule has 6 aromatic rings. The molecule has 1 saturated heterocycles. The molecule has 2 aliphatic carbocycles. The lowest BCUT2D eigenvalue weighted by atomic mass is 9.48. The van der Waals surface area contributed by atoms with Crippen LogP contribution in [0.3, 0.4) is 0 Å². The van der Waals surface area contributed by atoms with E-state index in [9.17, 15) is 9.59 Å². The van der Waals surface area contributed by atoms with Gasteiger partial charge in [-0.3, -0.25) is 14.5 Å². The van der Waals surface area contributed by atoms with Crippen molar-refractivity contribution in [3.05, 3.63) is 107 Å². The van der Waals surface area contributed by atoms with Gasteiger partial charge in [-0.1, -0.05) is 124 Å².